The van der Waals surface area contributed by atoms with E-state index in [4.69, 9.17) is 16.7 Å². The summed E-state index contributed by atoms with van der Waals surface area (Å²) in [4.78, 5) is 9.51. The Labute approximate surface area is 46.9 Å². The van der Waals surface area contributed by atoms with Crippen LogP contribution < -0.4 is 6.15 Å². The highest BCUT2D eigenvalue weighted by atomic mass is 35.5. The molecule has 0 unspecified atom stereocenters. The first kappa shape index (κ1) is 9.87. The van der Waals surface area contributed by atoms with Gasteiger partial charge in [0.15, 0.2) is 0 Å². The zero-order valence-corrected chi connectivity index (χ0v) is 4.61. The fourth-order valence-corrected chi connectivity index (χ4v) is 0.243. The molecule has 7 heavy (non-hydrogen) atoms. The Hall–Kier alpha value is -0.280. The van der Waals surface area contributed by atoms with Gasteiger partial charge in [0.25, 0.3) is 0 Å². The summed E-state index contributed by atoms with van der Waals surface area (Å²) in [6, 6.07) is 0. The summed E-state index contributed by atoms with van der Waals surface area (Å²) in [5.74, 6) is -0.639. The van der Waals surface area contributed by atoms with Gasteiger partial charge in [0.1, 0.15) is 0 Å². The van der Waals surface area contributed by atoms with E-state index in [9.17, 15) is 4.79 Å². The topological polar surface area (TPSA) is 72.3 Å². The summed E-state index contributed by atoms with van der Waals surface area (Å²) in [5.41, 5.74) is 0. The van der Waals surface area contributed by atoms with Crippen LogP contribution in [-0.2, 0) is 4.79 Å². The molecule has 3 nitrogen and oxygen atoms in total. The molecule has 0 aliphatic heterocycles. The molecular formula is C3H8ClNO2. The molecule has 44 valence electrons. The van der Waals surface area contributed by atoms with Gasteiger partial charge in [-0.05, 0) is 0 Å². The molecule has 0 saturated carbocycles. The Kier molecular flexibility index (Phi) is 8.06. The van der Waals surface area contributed by atoms with Gasteiger partial charge in [-0.1, -0.05) is 0 Å². The van der Waals surface area contributed by atoms with Crippen molar-refractivity contribution in [1.82, 2.24) is 6.15 Å². The summed E-state index contributed by atoms with van der Waals surface area (Å²) < 4.78 is 0. The minimum atomic E-state index is -0.843. The van der Waals surface area contributed by atoms with Gasteiger partial charge in [-0.25, -0.2) is 0 Å². The average molecular weight is 126 g/mol. The van der Waals surface area contributed by atoms with E-state index in [1.54, 1.807) is 0 Å². The van der Waals surface area contributed by atoms with E-state index in [1.807, 2.05) is 0 Å². The predicted molar refractivity (Wildman–Crippen MR) is 28.0 cm³/mol. The molecule has 4 N–H and O–H groups in total. The van der Waals surface area contributed by atoms with Crippen LogP contribution in [-0.4, -0.2) is 17.0 Å². The number of aliphatic carboxylic acids is 1. The Balaban J connectivity index is 0. The van der Waals surface area contributed by atoms with Gasteiger partial charge in [-0.2, -0.15) is 0 Å². The van der Waals surface area contributed by atoms with Crippen LogP contribution in [0.5, 0.6) is 0 Å². The van der Waals surface area contributed by atoms with Gasteiger partial charge in [0.05, 0.1) is 6.42 Å². The summed E-state index contributed by atoms with van der Waals surface area (Å²) >= 11 is 5.02. The number of carbonyl (C=O) groups is 1. The monoisotopic (exact) mass is 125 g/mol. The average Bonchev–Trinajstić information content (AvgIpc) is 1.35. The molecule has 0 spiro atoms. The van der Waals surface area contributed by atoms with Crippen LogP contribution in [0, 0.1) is 0 Å². The highest BCUT2D eigenvalue weighted by Gasteiger charge is 1.89. The van der Waals surface area contributed by atoms with Crippen molar-refractivity contribution in [2.75, 3.05) is 5.88 Å². The lowest BCUT2D eigenvalue weighted by molar-refractivity contribution is -0.136. The molecule has 0 rings (SSSR count). The fraction of sp³-hybridized carbons (Fsp3) is 0.667. The number of carboxylic acids is 1. The van der Waals surface area contributed by atoms with Gasteiger partial charge in [-0.3, -0.25) is 4.79 Å². The highest BCUT2D eigenvalue weighted by molar-refractivity contribution is 6.18. The lowest BCUT2D eigenvalue weighted by Crippen LogP contribution is -1.93. The van der Waals surface area contributed by atoms with E-state index in [0.29, 0.717) is 0 Å². The maximum absolute atomic E-state index is 9.51. The molecule has 0 heterocycles. The smallest absolute Gasteiger partial charge is 0.304 e. The van der Waals surface area contributed by atoms with Crippen LogP contribution in [0.2, 0.25) is 0 Å². The normalized spacial score (nSPS) is 7.00. The predicted octanol–water partition coefficient (Wildman–Crippen LogP) is 0.862. The van der Waals surface area contributed by atoms with Gasteiger partial charge < -0.3 is 11.3 Å². The zero-order valence-electron chi connectivity index (χ0n) is 3.85. The second-order valence-electron chi connectivity index (χ2n) is 0.833. The van der Waals surface area contributed by atoms with E-state index in [-0.39, 0.29) is 18.5 Å². The summed E-state index contributed by atoms with van der Waals surface area (Å²) in [5, 5.41) is 7.83. The van der Waals surface area contributed by atoms with Crippen molar-refractivity contribution < 1.29 is 9.90 Å². The molecule has 0 aromatic heterocycles. The summed E-state index contributed by atoms with van der Waals surface area (Å²) in [7, 11) is 0. The van der Waals surface area contributed by atoms with Crippen LogP contribution in [0.15, 0.2) is 0 Å². The van der Waals surface area contributed by atoms with Gasteiger partial charge in [0, 0.05) is 5.88 Å². The quantitative estimate of drug-likeness (QED) is 0.538. The maximum atomic E-state index is 9.51. The standard InChI is InChI=1S/C3H5ClO2.H3N/c4-2-1-3(5)6;/h1-2H2,(H,5,6);1H3. The number of rotatable bonds is 2. The summed E-state index contributed by atoms with van der Waals surface area (Å²) in [6.45, 7) is 0. The minimum Gasteiger partial charge on any atom is -0.481 e. The van der Waals surface area contributed by atoms with Gasteiger partial charge in [0.2, 0.25) is 0 Å². The van der Waals surface area contributed by atoms with Crippen LogP contribution >= 0.6 is 11.6 Å². The molecule has 0 saturated heterocycles. The molecule has 4 heteroatoms. The van der Waals surface area contributed by atoms with Crippen molar-refractivity contribution in [3.8, 4) is 0 Å². The number of halogens is 1. The molecule has 0 aliphatic rings. The van der Waals surface area contributed by atoms with Gasteiger partial charge in [-0.15, -0.1) is 11.6 Å². The molecule has 0 fully saturated rings. The van der Waals surface area contributed by atoms with Crippen molar-refractivity contribution >= 4 is 17.6 Å². The Morgan fingerprint density at radius 2 is 2.14 bits per heavy atom. The molecule has 0 amide bonds. The van der Waals surface area contributed by atoms with Crippen LogP contribution in [0.3, 0.4) is 0 Å². The third-order valence-corrected chi connectivity index (χ3v) is 0.497. The van der Waals surface area contributed by atoms with Crippen molar-refractivity contribution in [3.63, 3.8) is 0 Å². The van der Waals surface area contributed by atoms with Crippen LogP contribution in [0.1, 0.15) is 6.42 Å². The second kappa shape index (κ2) is 5.72. The molecule has 0 bridgehead atoms. The molecule has 0 radical (unpaired) electrons. The largest absolute Gasteiger partial charge is 0.481 e. The first-order valence-electron chi connectivity index (χ1n) is 1.55. The molecule has 0 aliphatic carbocycles. The molecule has 0 aromatic rings. The Morgan fingerprint density at radius 3 is 2.14 bits per heavy atom. The van der Waals surface area contributed by atoms with Gasteiger partial charge >= 0.3 is 5.97 Å². The van der Waals surface area contributed by atoms with E-state index in [2.05, 4.69) is 0 Å². The van der Waals surface area contributed by atoms with E-state index < -0.39 is 5.97 Å². The fourth-order valence-electron chi connectivity index (χ4n) is 0.0808. The number of carboxylic acid groups (broad SMARTS) is 1. The third kappa shape index (κ3) is 10.7. The number of hydrogen-bond donors (Lipinski definition) is 2. The lowest BCUT2D eigenvalue weighted by atomic mass is 10.5. The first-order valence-corrected chi connectivity index (χ1v) is 2.08. The highest BCUT2D eigenvalue weighted by Crippen LogP contribution is 1.80. The number of hydrogen-bond acceptors (Lipinski definition) is 2. The minimum absolute atomic E-state index is 0. The zero-order chi connectivity index (χ0) is 4.99. The molecule has 0 atom stereocenters. The van der Waals surface area contributed by atoms with Crippen LogP contribution in [0.25, 0.3) is 0 Å². The number of alkyl halides is 1. The molecular weight excluding hydrogens is 117 g/mol. The first-order chi connectivity index (χ1) is 2.77. The lowest BCUT2D eigenvalue weighted by Gasteiger charge is -1.78. The van der Waals surface area contributed by atoms with Crippen LogP contribution in [0.4, 0.5) is 0 Å². The van der Waals surface area contributed by atoms with Crippen molar-refractivity contribution in [2.45, 2.75) is 6.42 Å². The second-order valence-corrected chi connectivity index (χ2v) is 1.21. The Bertz CT molecular complexity index is 56.9. The van der Waals surface area contributed by atoms with E-state index in [0.717, 1.165) is 0 Å². The third-order valence-electron chi connectivity index (χ3n) is 0.308. The molecule has 0 aromatic carbocycles. The maximum Gasteiger partial charge on any atom is 0.304 e. The van der Waals surface area contributed by atoms with Crippen molar-refractivity contribution in [2.24, 2.45) is 0 Å². The van der Waals surface area contributed by atoms with E-state index >= 15 is 0 Å². The summed E-state index contributed by atoms with van der Waals surface area (Å²) in [6.07, 6.45) is 0.0571. The van der Waals surface area contributed by atoms with Crippen molar-refractivity contribution in [1.29, 1.82) is 0 Å². The SMILES string of the molecule is N.O=C(O)CCCl. The Morgan fingerprint density at radius 1 is 1.71 bits per heavy atom. The van der Waals surface area contributed by atoms with Crippen molar-refractivity contribution in [3.05, 3.63) is 0 Å². The van der Waals surface area contributed by atoms with E-state index in [1.165, 1.54) is 0 Å².